The molecule has 1 fully saturated rings. The Labute approximate surface area is 156 Å². The lowest BCUT2D eigenvalue weighted by molar-refractivity contribution is 0.124. The van der Waals surface area contributed by atoms with Crippen molar-refractivity contribution in [1.29, 1.82) is 0 Å². The van der Waals surface area contributed by atoms with Crippen LogP contribution in [0.5, 0.6) is 6.01 Å². The van der Waals surface area contributed by atoms with Crippen LogP contribution in [0, 0.1) is 6.92 Å². The van der Waals surface area contributed by atoms with Gasteiger partial charge in [-0.25, -0.2) is 18.4 Å². The number of nitrogens with zero attached hydrogens (tertiary/aromatic N) is 3. The zero-order valence-corrected chi connectivity index (χ0v) is 15.9. The van der Waals surface area contributed by atoms with Crippen LogP contribution in [0.2, 0.25) is 10.0 Å². The third-order valence-corrected chi connectivity index (χ3v) is 6.82. The van der Waals surface area contributed by atoms with E-state index in [2.05, 4.69) is 9.97 Å². The number of sulfonamides is 1. The van der Waals surface area contributed by atoms with Gasteiger partial charge in [0.1, 0.15) is 11.0 Å². The first kappa shape index (κ1) is 18.4. The van der Waals surface area contributed by atoms with Crippen molar-refractivity contribution >= 4 is 33.2 Å². The Hall–Kier alpha value is -1.41. The number of rotatable bonds is 4. The van der Waals surface area contributed by atoms with Crippen molar-refractivity contribution in [2.45, 2.75) is 30.8 Å². The molecule has 0 radical (unpaired) electrons. The van der Waals surface area contributed by atoms with Gasteiger partial charge in [-0.3, -0.25) is 0 Å². The van der Waals surface area contributed by atoms with Crippen molar-refractivity contribution in [3.63, 3.8) is 0 Å². The molecule has 0 bridgehead atoms. The predicted molar refractivity (Wildman–Crippen MR) is 95.6 cm³/mol. The summed E-state index contributed by atoms with van der Waals surface area (Å²) < 4.78 is 32.9. The number of hydrogen-bond donors (Lipinski definition) is 0. The van der Waals surface area contributed by atoms with Crippen molar-refractivity contribution < 1.29 is 13.2 Å². The summed E-state index contributed by atoms with van der Waals surface area (Å²) in [5, 5.41) is 0.575. The smallest absolute Gasteiger partial charge is 0.316 e. The highest BCUT2D eigenvalue weighted by Gasteiger charge is 2.32. The number of benzene rings is 1. The van der Waals surface area contributed by atoms with Crippen LogP contribution in [0.3, 0.4) is 0 Å². The summed E-state index contributed by atoms with van der Waals surface area (Å²) in [6, 6.07) is 4.99. The molecule has 1 saturated heterocycles. The van der Waals surface area contributed by atoms with Gasteiger partial charge < -0.3 is 4.74 Å². The number of piperidine rings is 1. The topological polar surface area (TPSA) is 72.4 Å². The van der Waals surface area contributed by atoms with E-state index < -0.39 is 10.0 Å². The monoisotopic (exact) mass is 401 g/mol. The molecular weight excluding hydrogens is 385 g/mol. The summed E-state index contributed by atoms with van der Waals surface area (Å²) in [6.45, 7) is 2.44. The Morgan fingerprint density at radius 1 is 1.12 bits per heavy atom. The first-order valence-electron chi connectivity index (χ1n) is 7.77. The zero-order chi connectivity index (χ0) is 18.0. The van der Waals surface area contributed by atoms with E-state index in [0.717, 1.165) is 0 Å². The van der Waals surface area contributed by atoms with Gasteiger partial charge in [-0.1, -0.05) is 23.2 Å². The van der Waals surface area contributed by atoms with Gasteiger partial charge >= 0.3 is 6.01 Å². The molecule has 9 heteroatoms. The lowest BCUT2D eigenvalue weighted by Crippen LogP contribution is -2.42. The van der Waals surface area contributed by atoms with Crippen LogP contribution >= 0.6 is 23.2 Å². The molecule has 6 nitrogen and oxygen atoms in total. The van der Waals surface area contributed by atoms with E-state index in [0.29, 0.717) is 42.5 Å². The van der Waals surface area contributed by atoms with Crippen molar-refractivity contribution in [3.8, 4) is 6.01 Å². The molecule has 2 aromatic rings. The highest BCUT2D eigenvalue weighted by molar-refractivity contribution is 7.89. The lowest BCUT2D eigenvalue weighted by atomic mass is 10.1. The van der Waals surface area contributed by atoms with E-state index in [-0.39, 0.29) is 16.0 Å². The van der Waals surface area contributed by atoms with Crippen molar-refractivity contribution in [2.24, 2.45) is 0 Å². The average Bonchev–Trinajstić information content (AvgIpc) is 2.59. The number of hydrogen-bond acceptors (Lipinski definition) is 5. The van der Waals surface area contributed by atoms with E-state index in [1.807, 2.05) is 0 Å². The first-order chi connectivity index (χ1) is 11.9. The SMILES string of the molecule is Cc1cc(S(=O)(=O)N2CCC(Oc3ncccn3)CC2)c(Cl)cc1Cl. The normalized spacial score (nSPS) is 16.8. The number of aryl methyl sites for hydroxylation is 1. The van der Waals surface area contributed by atoms with Gasteiger partial charge in [0.25, 0.3) is 0 Å². The number of halogens is 2. The first-order valence-corrected chi connectivity index (χ1v) is 9.97. The fourth-order valence-corrected chi connectivity index (χ4v) is 4.93. The number of aromatic nitrogens is 2. The minimum atomic E-state index is -3.67. The maximum absolute atomic E-state index is 12.9. The van der Waals surface area contributed by atoms with Gasteiger partial charge in [-0.05, 0) is 43.5 Å². The van der Waals surface area contributed by atoms with Crippen LogP contribution < -0.4 is 4.74 Å². The quantitative estimate of drug-likeness (QED) is 0.785. The van der Waals surface area contributed by atoms with Gasteiger partial charge in [-0.15, -0.1) is 0 Å². The number of ether oxygens (including phenoxy) is 1. The van der Waals surface area contributed by atoms with E-state index >= 15 is 0 Å². The molecule has 25 heavy (non-hydrogen) atoms. The molecule has 134 valence electrons. The maximum atomic E-state index is 12.9. The third kappa shape index (κ3) is 4.06. The van der Waals surface area contributed by atoms with Gasteiger partial charge in [0.05, 0.1) is 5.02 Å². The van der Waals surface area contributed by atoms with Crippen LogP contribution in [-0.4, -0.2) is 41.9 Å². The zero-order valence-electron chi connectivity index (χ0n) is 13.5. The molecule has 3 rings (SSSR count). The van der Waals surface area contributed by atoms with Crippen molar-refractivity contribution in [2.75, 3.05) is 13.1 Å². The highest BCUT2D eigenvalue weighted by Crippen LogP contribution is 2.31. The highest BCUT2D eigenvalue weighted by atomic mass is 35.5. The fraction of sp³-hybridized carbons (Fsp3) is 0.375. The molecule has 0 unspecified atom stereocenters. The molecule has 0 atom stereocenters. The van der Waals surface area contributed by atoms with E-state index in [1.165, 1.54) is 16.4 Å². The summed E-state index contributed by atoms with van der Waals surface area (Å²) in [4.78, 5) is 8.13. The molecule has 0 N–H and O–H groups in total. The van der Waals surface area contributed by atoms with E-state index in [9.17, 15) is 8.42 Å². The second-order valence-electron chi connectivity index (χ2n) is 5.78. The second-order valence-corrected chi connectivity index (χ2v) is 8.51. The van der Waals surface area contributed by atoms with Crippen LogP contribution in [-0.2, 0) is 10.0 Å². The Bertz CT molecular complexity index is 854. The van der Waals surface area contributed by atoms with Crippen LogP contribution in [0.4, 0.5) is 0 Å². The largest absolute Gasteiger partial charge is 0.460 e. The molecule has 2 heterocycles. The molecule has 0 amide bonds. The van der Waals surface area contributed by atoms with Crippen molar-refractivity contribution in [3.05, 3.63) is 46.2 Å². The van der Waals surface area contributed by atoms with Crippen molar-refractivity contribution in [1.82, 2.24) is 14.3 Å². The Morgan fingerprint density at radius 3 is 2.40 bits per heavy atom. The molecule has 1 aromatic carbocycles. The summed E-state index contributed by atoms with van der Waals surface area (Å²) in [6.07, 6.45) is 4.21. The third-order valence-electron chi connectivity index (χ3n) is 4.05. The minimum absolute atomic E-state index is 0.0850. The Balaban J connectivity index is 1.71. The van der Waals surface area contributed by atoms with Gasteiger partial charge in [0.15, 0.2) is 0 Å². The van der Waals surface area contributed by atoms with Crippen LogP contribution in [0.25, 0.3) is 0 Å². The predicted octanol–water partition coefficient (Wildman–Crippen LogP) is 3.32. The molecule has 1 aromatic heterocycles. The van der Waals surface area contributed by atoms with Gasteiger partial charge in [-0.2, -0.15) is 4.31 Å². The molecule has 0 spiro atoms. The van der Waals surface area contributed by atoms with Crippen LogP contribution in [0.15, 0.2) is 35.5 Å². The van der Waals surface area contributed by atoms with E-state index in [4.69, 9.17) is 27.9 Å². The van der Waals surface area contributed by atoms with Gasteiger partial charge in [0.2, 0.25) is 10.0 Å². The maximum Gasteiger partial charge on any atom is 0.316 e. The average molecular weight is 402 g/mol. The summed E-state index contributed by atoms with van der Waals surface area (Å²) >= 11 is 12.1. The van der Waals surface area contributed by atoms with Gasteiger partial charge in [0, 0.05) is 30.5 Å². The molecule has 1 aliphatic heterocycles. The molecule has 0 aliphatic carbocycles. The Morgan fingerprint density at radius 2 is 1.76 bits per heavy atom. The summed E-state index contributed by atoms with van der Waals surface area (Å²) in [5.74, 6) is 0. The Kier molecular flexibility index (Phi) is 5.48. The molecule has 0 saturated carbocycles. The molecule has 1 aliphatic rings. The lowest BCUT2D eigenvalue weighted by Gasteiger charge is -2.31. The van der Waals surface area contributed by atoms with Crippen LogP contribution in [0.1, 0.15) is 18.4 Å². The minimum Gasteiger partial charge on any atom is -0.460 e. The fourth-order valence-electron chi connectivity index (χ4n) is 2.65. The molecular formula is C16H17Cl2N3O3S. The summed E-state index contributed by atoms with van der Waals surface area (Å²) in [7, 11) is -3.67. The second kappa shape index (κ2) is 7.45. The summed E-state index contributed by atoms with van der Waals surface area (Å²) in [5.41, 5.74) is 0.670. The van der Waals surface area contributed by atoms with E-state index in [1.54, 1.807) is 25.4 Å². The standard InChI is InChI=1S/C16H17Cl2N3O3S/c1-11-9-15(14(18)10-13(11)17)25(22,23)21-7-3-12(4-8-21)24-16-19-5-2-6-20-16/h2,5-6,9-10,12H,3-4,7-8H2,1H3.